The Labute approximate surface area is 69.5 Å². The van der Waals surface area contributed by atoms with Crippen LogP contribution >= 0.6 is 22.6 Å². The average molecular weight is 241 g/mol. The van der Waals surface area contributed by atoms with Gasteiger partial charge in [-0.3, -0.25) is 0 Å². The van der Waals surface area contributed by atoms with Crippen molar-refractivity contribution < 1.29 is 5.11 Å². The number of rotatable bonds is 4. The molecule has 0 aromatic carbocycles. The van der Waals surface area contributed by atoms with Crippen molar-refractivity contribution in [2.75, 3.05) is 13.1 Å². The van der Waals surface area contributed by atoms with Crippen LogP contribution < -0.4 is 5.32 Å². The Balaban J connectivity index is 3.27. The van der Waals surface area contributed by atoms with Crippen molar-refractivity contribution >= 4 is 22.6 Å². The number of halogens is 1. The zero-order chi connectivity index (χ0) is 7.28. The van der Waals surface area contributed by atoms with Crippen LogP contribution in [0.15, 0.2) is 10.2 Å². The second-order valence-electron chi connectivity index (χ2n) is 1.77. The van der Waals surface area contributed by atoms with Gasteiger partial charge in [-0.1, -0.05) is 13.5 Å². The van der Waals surface area contributed by atoms with Crippen LogP contribution in [0.1, 0.15) is 6.92 Å². The van der Waals surface area contributed by atoms with Gasteiger partial charge in [0.2, 0.25) is 0 Å². The fourth-order valence-electron chi connectivity index (χ4n) is 0.392. The molecule has 2 N–H and O–H groups in total. The van der Waals surface area contributed by atoms with Gasteiger partial charge < -0.3 is 10.4 Å². The van der Waals surface area contributed by atoms with Crippen LogP contribution in [0.5, 0.6) is 0 Å². The van der Waals surface area contributed by atoms with E-state index in [-0.39, 0.29) is 0 Å². The molecule has 0 saturated heterocycles. The van der Waals surface area contributed by atoms with E-state index in [0.717, 1.165) is 10.1 Å². The van der Waals surface area contributed by atoms with Crippen molar-refractivity contribution in [3.63, 3.8) is 0 Å². The number of aliphatic hydroxyl groups is 1. The first-order valence-corrected chi connectivity index (χ1v) is 3.99. The van der Waals surface area contributed by atoms with Crippen LogP contribution in [0.25, 0.3) is 0 Å². The predicted molar refractivity (Wildman–Crippen MR) is 47.7 cm³/mol. The van der Waals surface area contributed by atoms with Crippen molar-refractivity contribution in [1.29, 1.82) is 0 Å². The smallest absolute Gasteiger partial charge is 0.0964 e. The molecular weight excluding hydrogens is 229 g/mol. The molecular formula is C6H12INO. The van der Waals surface area contributed by atoms with Gasteiger partial charge in [0, 0.05) is 10.1 Å². The largest absolute Gasteiger partial charge is 0.387 e. The van der Waals surface area contributed by atoms with Gasteiger partial charge in [-0.2, -0.15) is 0 Å². The minimum atomic E-state index is -0.398. The zero-order valence-electron chi connectivity index (χ0n) is 5.52. The first-order valence-electron chi connectivity index (χ1n) is 2.91. The summed E-state index contributed by atoms with van der Waals surface area (Å²) in [5, 5.41) is 12.1. The number of likely N-dealkylation sites (N-methyl/N-ethyl adjacent to an activating group) is 1. The first-order chi connectivity index (χ1) is 4.18. The molecule has 0 rings (SSSR count). The maximum atomic E-state index is 9.09. The molecule has 0 radical (unpaired) electrons. The van der Waals surface area contributed by atoms with E-state index in [1.54, 1.807) is 0 Å². The maximum Gasteiger partial charge on any atom is 0.0964 e. The summed E-state index contributed by atoms with van der Waals surface area (Å²) in [6.45, 7) is 7.11. The van der Waals surface area contributed by atoms with Crippen molar-refractivity contribution in [2.45, 2.75) is 13.0 Å². The first kappa shape index (κ1) is 9.39. The highest BCUT2D eigenvalue weighted by molar-refractivity contribution is 14.1. The van der Waals surface area contributed by atoms with Crippen molar-refractivity contribution in [2.24, 2.45) is 0 Å². The molecule has 0 aliphatic carbocycles. The van der Waals surface area contributed by atoms with E-state index in [1.807, 2.05) is 29.5 Å². The Morgan fingerprint density at radius 1 is 1.89 bits per heavy atom. The molecule has 0 fully saturated rings. The second kappa shape index (κ2) is 5.20. The van der Waals surface area contributed by atoms with E-state index in [9.17, 15) is 0 Å². The normalized spacial score (nSPS) is 13.2. The molecule has 1 unspecified atom stereocenters. The molecule has 0 saturated carbocycles. The highest BCUT2D eigenvalue weighted by atomic mass is 127. The Bertz CT molecular complexity index is 95.1. The van der Waals surface area contributed by atoms with Gasteiger partial charge in [0.05, 0.1) is 6.10 Å². The molecule has 2 nitrogen and oxygen atoms in total. The van der Waals surface area contributed by atoms with Gasteiger partial charge in [-0.05, 0) is 29.1 Å². The molecule has 0 aliphatic rings. The van der Waals surface area contributed by atoms with E-state index in [1.165, 1.54) is 0 Å². The standard InChI is InChI=1S/C6H12INO/c1-3-8-4-6(9)5(2)7/h6,8-9H,2-4H2,1H3. The van der Waals surface area contributed by atoms with Crippen molar-refractivity contribution in [3.05, 3.63) is 10.2 Å². The number of nitrogens with one attached hydrogen (secondary N) is 1. The van der Waals surface area contributed by atoms with E-state index in [2.05, 4.69) is 11.9 Å². The highest BCUT2D eigenvalue weighted by Gasteiger charge is 2.02. The molecule has 9 heavy (non-hydrogen) atoms. The van der Waals surface area contributed by atoms with Crippen molar-refractivity contribution in [1.82, 2.24) is 5.32 Å². The highest BCUT2D eigenvalue weighted by Crippen LogP contribution is 2.06. The molecule has 3 heteroatoms. The maximum absolute atomic E-state index is 9.09. The summed E-state index contributed by atoms with van der Waals surface area (Å²) in [5.41, 5.74) is 0. The third kappa shape index (κ3) is 4.87. The van der Waals surface area contributed by atoms with Crippen LogP contribution in [0, 0.1) is 0 Å². The Morgan fingerprint density at radius 2 is 2.44 bits per heavy atom. The quantitative estimate of drug-likeness (QED) is 0.717. The average Bonchev–Trinajstić information content (AvgIpc) is 1.82. The lowest BCUT2D eigenvalue weighted by Gasteiger charge is -2.07. The SMILES string of the molecule is C=C(I)C(O)CNCC. The lowest BCUT2D eigenvalue weighted by molar-refractivity contribution is 0.218. The molecule has 0 aromatic heterocycles. The molecule has 0 heterocycles. The van der Waals surface area contributed by atoms with Crippen LogP contribution in [-0.2, 0) is 0 Å². The molecule has 0 amide bonds. The molecule has 0 aromatic rings. The van der Waals surface area contributed by atoms with Crippen LogP contribution in [0.2, 0.25) is 0 Å². The lowest BCUT2D eigenvalue weighted by Crippen LogP contribution is -2.26. The third-order valence-electron chi connectivity index (χ3n) is 0.949. The number of aliphatic hydroxyl groups excluding tert-OH is 1. The summed E-state index contributed by atoms with van der Waals surface area (Å²) in [7, 11) is 0. The molecule has 54 valence electrons. The zero-order valence-corrected chi connectivity index (χ0v) is 7.68. The van der Waals surface area contributed by atoms with Gasteiger partial charge in [0.15, 0.2) is 0 Å². The summed E-state index contributed by atoms with van der Waals surface area (Å²) in [4.78, 5) is 0. The molecule has 0 bridgehead atoms. The van der Waals surface area contributed by atoms with Gasteiger partial charge >= 0.3 is 0 Å². The van der Waals surface area contributed by atoms with Crippen molar-refractivity contribution in [3.8, 4) is 0 Å². The third-order valence-corrected chi connectivity index (χ3v) is 1.67. The summed E-state index contributed by atoms with van der Waals surface area (Å²) in [6.07, 6.45) is -0.398. The minimum Gasteiger partial charge on any atom is -0.387 e. The number of hydrogen-bond donors (Lipinski definition) is 2. The van der Waals surface area contributed by atoms with E-state index < -0.39 is 6.10 Å². The van der Waals surface area contributed by atoms with Gasteiger partial charge in [0.1, 0.15) is 0 Å². The number of hydrogen-bond acceptors (Lipinski definition) is 2. The van der Waals surface area contributed by atoms with Gasteiger partial charge in [-0.25, -0.2) is 0 Å². The van der Waals surface area contributed by atoms with E-state index in [0.29, 0.717) is 6.54 Å². The van der Waals surface area contributed by atoms with Crippen LogP contribution in [0.3, 0.4) is 0 Å². The predicted octanol–water partition coefficient (Wildman–Crippen LogP) is 0.905. The Morgan fingerprint density at radius 3 is 2.78 bits per heavy atom. The Hall–Kier alpha value is 0.390. The second-order valence-corrected chi connectivity index (χ2v) is 3.16. The van der Waals surface area contributed by atoms with Gasteiger partial charge in [-0.15, -0.1) is 0 Å². The van der Waals surface area contributed by atoms with E-state index in [4.69, 9.17) is 5.11 Å². The fraction of sp³-hybridized carbons (Fsp3) is 0.667. The van der Waals surface area contributed by atoms with Crippen LogP contribution in [0.4, 0.5) is 0 Å². The monoisotopic (exact) mass is 241 g/mol. The topological polar surface area (TPSA) is 32.3 Å². The molecule has 1 atom stereocenters. The lowest BCUT2D eigenvalue weighted by atomic mass is 10.3. The fourth-order valence-corrected chi connectivity index (χ4v) is 0.612. The Kier molecular flexibility index (Phi) is 5.42. The molecule has 0 aliphatic heterocycles. The minimum absolute atomic E-state index is 0.398. The van der Waals surface area contributed by atoms with Gasteiger partial charge in [0.25, 0.3) is 0 Å². The summed E-state index contributed by atoms with van der Waals surface area (Å²) in [6, 6.07) is 0. The summed E-state index contributed by atoms with van der Waals surface area (Å²) in [5.74, 6) is 0. The summed E-state index contributed by atoms with van der Waals surface area (Å²) < 4.78 is 0.786. The van der Waals surface area contributed by atoms with Crippen LogP contribution in [-0.4, -0.2) is 24.3 Å². The molecule has 0 spiro atoms. The van der Waals surface area contributed by atoms with E-state index >= 15 is 0 Å². The summed E-state index contributed by atoms with van der Waals surface area (Å²) >= 11 is 2.02.